The summed E-state index contributed by atoms with van der Waals surface area (Å²) < 4.78 is 10.9. The molecule has 0 aromatic heterocycles. The van der Waals surface area contributed by atoms with Crippen LogP contribution in [0.1, 0.15) is 24.0 Å². The second-order valence-corrected chi connectivity index (χ2v) is 4.61. The van der Waals surface area contributed by atoms with Gasteiger partial charge in [0.25, 0.3) is 0 Å². The molecule has 94 valence electrons. The molecule has 2 rings (SSSR count). The Labute approximate surface area is 103 Å². The summed E-state index contributed by atoms with van der Waals surface area (Å²) in [6.07, 6.45) is 4.43. The molecule has 1 unspecified atom stereocenters. The Bertz CT molecular complexity index is 390. The SMILES string of the molecule is COc1ccc(OC)c2c1CCC(CCN)C2. The number of benzene rings is 1. The van der Waals surface area contributed by atoms with Crippen molar-refractivity contribution in [1.82, 2.24) is 0 Å². The maximum atomic E-state index is 5.65. The first-order valence-electron chi connectivity index (χ1n) is 6.23. The van der Waals surface area contributed by atoms with Crippen molar-refractivity contribution in [3.8, 4) is 11.5 Å². The topological polar surface area (TPSA) is 44.5 Å². The van der Waals surface area contributed by atoms with E-state index in [0.717, 1.165) is 37.3 Å². The fraction of sp³-hybridized carbons (Fsp3) is 0.571. The smallest absolute Gasteiger partial charge is 0.122 e. The number of rotatable bonds is 4. The molecule has 0 heterocycles. The quantitative estimate of drug-likeness (QED) is 0.869. The van der Waals surface area contributed by atoms with E-state index in [9.17, 15) is 0 Å². The molecule has 0 spiro atoms. The summed E-state index contributed by atoms with van der Waals surface area (Å²) in [5, 5.41) is 0. The van der Waals surface area contributed by atoms with Crippen molar-refractivity contribution in [2.24, 2.45) is 11.7 Å². The maximum Gasteiger partial charge on any atom is 0.122 e. The van der Waals surface area contributed by atoms with Crippen LogP contribution in [0.5, 0.6) is 11.5 Å². The van der Waals surface area contributed by atoms with Crippen molar-refractivity contribution in [1.29, 1.82) is 0 Å². The van der Waals surface area contributed by atoms with Crippen LogP contribution in [0.4, 0.5) is 0 Å². The third kappa shape index (κ3) is 2.39. The lowest BCUT2D eigenvalue weighted by Crippen LogP contribution is -2.19. The van der Waals surface area contributed by atoms with Crippen molar-refractivity contribution in [2.45, 2.75) is 25.7 Å². The van der Waals surface area contributed by atoms with Gasteiger partial charge in [-0.2, -0.15) is 0 Å². The largest absolute Gasteiger partial charge is 0.496 e. The van der Waals surface area contributed by atoms with E-state index in [0.29, 0.717) is 5.92 Å². The van der Waals surface area contributed by atoms with Gasteiger partial charge in [-0.25, -0.2) is 0 Å². The minimum atomic E-state index is 0.688. The maximum absolute atomic E-state index is 5.65. The molecular weight excluding hydrogens is 214 g/mol. The molecule has 0 fully saturated rings. The highest BCUT2D eigenvalue weighted by atomic mass is 16.5. The molecule has 1 atom stereocenters. The second kappa shape index (κ2) is 5.41. The molecule has 0 saturated heterocycles. The zero-order valence-corrected chi connectivity index (χ0v) is 10.7. The Morgan fingerprint density at radius 2 is 1.82 bits per heavy atom. The van der Waals surface area contributed by atoms with Crippen molar-refractivity contribution in [2.75, 3.05) is 20.8 Å². The van der Waals surface area contributed by atoms with Gasteiger partial charge in [0, 0.05) is 11.1 Å². The van der Waals surface area contributed by atoms with E-state index < -0.39 is 0 Å². The molecule has 1 aromatic rings. The highest BCUT2D eigenvalue weighted by molar-refractivity contribution is 5.50. The molecule has 0 amide bonds. The normalized spacial score (nSPS) is 18.6. The van der Waals surface area contributed by atoms with Crippen molar-refractivity contribution < 1.29 is 9.47 Å². The summed E-state index contributed by atoms with van der Waals surface area (Å²) in [6, 6.07) is 4.00. The first-order chi connectivity index (χ1) is 8.30. The Balaban J connectivity index is 2.33. The van der Waals surface area contributed by atoms with Gasteiger partial charge in [0.15, 0.2) is 0 Å². The van der Waals surface area contributed by atoms with Gasteiger partial charge in [0.1, 0.15) is 11.5 Å². The van der Waals surface area contributed by atoms with Gasteiger partial charge < -0.3 is 15.2 Å². The van der Waals surface area contributed by atoms with Crippen LogP contribution < -0.4 is 15.2 Å². The van der Waals surface area contributed by atoms with Crippen LogP contribution >= 0.6 is 0 Å². The molecule has 1 aliphatic carbocycles. The van der Waals surface area contributed by atoms with Gasteiger partial charge in [-0.05, 0) is 50.3 Å². The highest BCUT2D eigenvalue weighted by Gasteiger charge is 2.23. The fourth-order valence-corrected chi connectivity index (χ4v) is 2.75. The van der Waals surface area contributed by atoms with Crippen LogP contribution in [-0.4, -0.2) is 20.8 Å². The number of nitrogens with two attached hydrogens (primary N) is 1. The van der Waals surface area contributed by atoms with Crippen LogP contribution in [0, 0.1) is 5.92 Å². The second-order valence-electron chi connectivity index (χ2n) is 4.61. The Morgan fingerprint density at radius 3 is 2.41 bits per heavy atom. The molecule has 0 radical (unpaired) electrons. The molecule has 0 saturated carbocycles. The lowest BCUT2D eigenvalue weighted by molar-refractivity contribution is 0.367. The van der Waals surface area contributed by atoms with E-state index in [4.69, 9.17) is 15.2 Å². The van der Waals surface area contributed by atoms with E-state index in [1.165, 1.54) is 17.5 Å². The zero-order valence-electron chi connectivity index (χ0n) is 10.7. The predicted octanol–water partition coefficient (Wildman–Crippen LogP) is 2.16. The summed E-state index contributed by atoms with van der Waals surface area (Å²) in [4.78, 5) is 0. The molecule has 0 bridgehead atoms. The molecular formula is C14H21NO2. The Morgan fingerprint density at radius 1 is 1.18 bits per heavy atom. The molecule has 2 N–H and O–H groups in total. The van der Waals surface area contributed by atoms with Crippen LogP contribution in [0.15, 0.2) is 12.1 Å². The van der Waals surface area contributed by atoms with E-state index in [-0.39, 0.29) is 0 Å². The van der Waals surface area contributed by atoms with Gasteiger partial charge in [-0.15, -0.1) is 0 Å². The number of ether oxygens (including phenoxy) is 2. The predicted molar refractivity (Wildman–Crippen MR) is 68.7 cm³/mol. The standard InChI is InChI=1S/C14H21NO2/c1-16-13-5-6-14(17-2)12-9-10(7-8-15)3-4-11(12)13/h5-6,10H,3-4,7-9,15H2,1-2H3. The van der Waals surface area contributed by atoms with Crippen molar-refractivity contribution in [3.05, 3.63) is 23.3 Å². The highest BCUT2D eigenvalue weighted by Crippen LogP contribution is 2.38. The Hall–Kier alpha value is -1.22. The van der Waals surface area contributed by atoms with Gasteiger partial charge in [-0.3, -0.25) is 0 Å². The van der Waals surface area contributed by atoms with Crippen LogP contribution in [-0.2, 0) is 12.8 Å². The van der Waals surface area contributed by atoms with Crippen LogP contribution in [0.3, 0.4) is 0 Å². The minimum absolute atomic E-state index is 0.688. The molecule has 0 aliphatic heterocycles. The molecule has 3 heteroatoms. The number of methoxy groups -OCH3 is 2. The molecule has 3 nitrogen and oxygen atoms in total. The number of hydrogen-bond donors (Lipinski definition) is 1. The van der Waals surface area contributed by atoms with Crippen molar-refractivity contribution >= 4 is 0 Å². The molecule has 1 aromatic carbocycles. The van der Waals surface area contributed by atoms with Crippen LogP contribution in [0.25, 0.3) is 0 Å². The van der Waals surface area contributed by atoms with Crippen molar-refractivity contribution in [3.63, 3.8) is 0 Å². The molecule has 1 aliphatic rings. The summed E-state index contributed by atoms with van der Waals surface area (Å²) in [5.41, 5.74) is 8.29. The van der Waals surface area contributed by atoms with E-state index in [2.05, 4.69) is 0 Å². The summed E-state index contributed by atoms with van der Waals surface area (Å²) in [6.45, 7) is 0.770. The number of fused-ring (bicyclic) bond motifs is 1. The lowest BCUT2D eigenvalue weighted by atomic mass is 9.81. The summed E-state index contributed by atoms with van der Waals surface area (Å²) in [5.74, 6) is 2.67. The first-order valence-corrected chi connectivity index (χ1v) is 6.23. The first kappa shape index (κ1) is 12.2. The van der Waals surface area contributed by atoms with Gasteiger partial charge in [-0.1, -0.05) is 0 Å². The van der Waals surface area contributed by atoms with Crippen LogP contribution in [0.2, 0.25) is 0 Å². The summed E-state index contributed by atoms with van der Waals surface area (Å²) >= 11 is 0. The average Bonchev–Trinajstić information content (AvgIpc) is 2.37. The monoisotopic (exact) mass is 235 g/mol. The van der Waals surface area contributed by atoms with E-state index >= 15 is 0 Å². The summed E-state index contributed by atoms with van der Waals surface area (Å²) in [7, 11) is 3.46. The van der Waals surface area contributed by atoms with Gasteiger partial charge in [0.05, 0.1) is 14.2 Å². The van der Waals surface area contributed by atoms with Gasteiger partial charge >= 0.3 is 0 Å². The van der Waals surface area contributed by atoms with Gasteiger partial charge in [0.2, 0.25) is 0 Å². The average molecular weight is 235 g/mol. The third-order valence-electron chi connectivity index (χ3n) is 3.66. The van der Waals surface area contributed by atoms with E-state index in [1.807, 2.05) is 12.1 Å². The third-order valence-corrected chi connectivity index (χ3v) is 3.66. The fourth-order valence-electron chi connectivity index (χ4n) is 2.75. The Kier molecular flexibility index (Phi) is 3.89. The van der Waals surface area contributed by atoms with E-state index in [1.54, 1.807) is 14.2 Å². The molecule has 17 heavy (non-hydrogen) atoms. The number of hydrogen-bond acceptors (Lipinski definition) is 3. The minimum Gasteiger partial charge on any atom is -0.496 e. The zero-order chi connectivity index (χ0) is 12.3. The lowest BCUT2D eigenvalue weighted by Gasteiger charge is -2.27.